The molecule has 154 valence electrons. The van der Waals surface area contributed by atoms with Gasteiger partial charge in [-0.05, 0) is 72.7 Å². The Balaban J connectivity index is 1.59. The lowest BCUT2D eigenvalue weighted by Crippen LogP contribution is -2.32. The van der Waals surface area contributed by atoms with Gasteiger partial charge in [0.1, 0.15) is 17.3 Å². The van der Waals surface area contributed by atoms with Crippen molar-refractivity contribution in [2.75, 3.05) is 18.8 Å². The van der Waals surface area contributed by atoms with Gasteiger partial charge in [0.15, 0.2) is 11.5 Å². The smallest absolute Gasteiger partial charge is 0.282 e. The van der Waals surface area contributed by atoms with Gasteiger partial charge in [-0.15, -0.1) is 0 Å². The Morgan fingerprint density at radius 3 is 2.58 bits per heavy atom. The van der Waals surface area contributed by atoms with Crippen molar-refractivity contribution in [1.82, 2.24) is 0 Å². The molecule has 0 aliphatic carbocycles. The average Bonchev–Trinajstić information content (AvgIpc) is 3.38. The third-order valence-electron chi connectivity index (χ3n) is 5.17. The zero-order valence-electron chi connectivity index (χ0n) is 17.2. The Hall–Kier alpha value is -4.06. The summed E-state index contributed by atoms with van der Waals surface area (Å²) in [6.07, 6.45) is 1.77. The molecule has 0 spiro atoms. The number of aliphatic imine (C=N–C) groups is 1. The summed E-state index contributed by atoms with van der Waals surface area (Å²) in [6, 6.07) is 20.9. The van der Waals surface area contributed by atoms with E-state index in [1.807, 2.05) is 73.7 Å². The number of fused-ring (bicyclic) bond motifs is 1. The number of amides is 1. The van der Waals surface area contributed by atoms with Gasteiger partial charge in [0.05, 0.1) is 12.8 Å². The number of amidine groups is 1. The Morgan fingerprint density at radius 2 is 1.81 bits per heavy atom. The van der Waals surface area contributed by atoms with E-state index < -0.39 is 0 Å². The largest absolute Gasteiger partial charge is 0.497 e. The lowest BCUT2D eigenvalue weighted by molar-refractivity contribution is -0.113. The SMILES string of the molecule is COc1ccc(C2=N/C(=C/c3ccc4c(c3)OCO4)C(=O)N2c2cccc(C)c2)cc1. The highest BCUT2D eigenvalue weighted by molar-refractivity contribution is 6.33. The number of methoxy groups -OCH3 is 1. The summed E-state index contributed by atoms with van der Waals surface area (Å²) >= 11 is 0. The molecule has 2 aliphatic rings. The van der Waals surface area contributed by atoms with Crippen molar-refractivity contribution in [1.29, 1.82) is 0 Å². The van der Waals surface area contributed by atoms with Crippen LogP contribution in [0.3, 0.4) is 0 Å². The summed E-state index contributed by atoms with van der Waals surface area (Å²) in [7, 11) is 1.62. The maximum Gasteiger partial charge on any atom is 0.282 e. The molecule has 3 aromatic carbocycles. The predicted molar refractivity (Wildman–Crippen MR) is 119 cm³/mol. The van der Waals surface area contributed by atoms with Crippen LogP contribution in [0.1, 0.15) is 16.7 Å². The van der Waals surface area contributed by atoms with Crippen molar-refractivity contribution in [2.24, 2.45) is 4.99 Å². The molecule has 0 aromatic heterocycles. The van der Waals surface area contributed by atoms with Crippen molar-refractivity contribution < 1.29 is 19.0 Å². The molecule has 6 heteroatoms. The maximum absolute atomic E-state index is 13.4. The lowest BCUT2D eigenvalue weighted by Gasteiger charge is -2.19. The molecule has 31 heavy (non-hydrogen) atoms. The molecule has 0 N–H and O–H groups in total. The van der Waals surface area contributed by atoms with Gasteiger partial charge in [-0.2, -0.15) is 0 Å². The molecule has 2 heterocycles. The molecule has 6 nitrogen and oxygen atoms in total. The molecular weight excluding hydrogens is 392 g/mol. The topological polar surface area (TPSA) is 60.4 Å². The number of hydrogen-bond acceptors (Lipinski definition) is 5. The maximum atomic E-state index is 13.4. The molecular formula is C25H20N2O4. The van der Waals surface area contributed by atoms with Crippen LogP contribution < -0.4 is 19.1 Å². The normalized spacial score (nSPS) is 16.1. The fraction of sp³-hybridized carbons (Fsp3) is 0.120. The third kappa shape index (κ3) is 3.53. The lowest BCUT2D eigenvalue weighted by atomic mass is 10.1. The first-order valence-electron chi connectivity index (χ1n) is 9.88. The van der Waals surface area contributed by atoms with Crippen LogP contribution >= 0.6 is 0 Å². The molecule has 0 radical (unpaired) electrons. The van der Waals surface area contributed by atoms with Gasteiger partial charge in [0.2, 0.25) is 6.79 Å². The number of rotatable bonds is 4. The Bertz CT molecular complexity index is 1230. The van der Waals surface area contributed by atoms with Crippen LogP contribution in [-0.2, 0) is 4.79 Å². The Kier molecular flexibility index (Phi) is 4.67. The van der Waals surface area contributed by atoms with E-state index in [9.17, 15) is 4.79 Å². The number of nitrogens with zero attached hydrogens (tertiary/aromatic N) is 2. The van der Waals surface area contributed by atoms with E-state index in [0.29, 0.717) is 23.0 Å². The molecule has 0 bridgehead atoms. The van der Waals surface area contributed by atoms with Gasteiger partial charge in [0.25, 0.3) is 5.91 Å². The monoisotopic (exact) mass is 412 g/mol. The molecule has 0 unspecified atom stereocenters. The summed E-state index contributed by atoms with van der Waals surface area (Å²) in [5.41, 5.74) is 3.83. The van der Waals surface area contributed by atoms with Crippen LogP contribution in [0.4, 0.5) is 5.69 Å². The molecule has 0 saturated heterocycles. The standard InChI is InChI=1S/C25H20N2O4/c1-16-4-3-5-19(12-16)27-24(18-7-9-20(29-2)10-8-18)26-21(25(27)28)13-17-6-11-22-23(14-17)31-15-30-22/h3-14H,15H2,1-2H3/b21-13+. The molecule has 0 fully saturated rings. The average molecular weight is 412 g/mol. The van der Waals surface area contributed by atoms with Gasteiger partial charge < -0.3 is 14.2 Å². The minimum Gasteiger partial charge on any atom is -0.497 e. The van der Waals surface area contributed by atoms with Crippen LogP contribution in [0, 0.1) is 6.92 Å². The van der Waals surface area contributed by atoms with Crippen molar-refractivity contribution in [2.45, 2.75) is 6.92 Å². The number of ether oxygens (including phenoxy) is 3. The highest BCUT2D eigenvalue weighted by Gasteiger charge is 2.32. The molecule has 0 atom stereocenters. The van der Waals surface area contributed by atoms with E-state index >= 15 is 0 Å². The molecule has 5 rings (SSSR count). The van der Waals surface area contributed by atoms with Crippen molar-refractivity contribution in [3.8, 4) is 17.2 Å². The highest BCUT2D eigenvalue weighted by Crippen LogP contribution is 2.34. The fourth-order valence-electron chi connectivity index (χ4n) is 3.62. The van der Waals surface area contributed by atoms with Crippen molar-refractivity contribution in [3.05, 3.63) is 89.1 Å². The number of carbonyl (C=O) groups is 1. The van der Waals surface area contributed by atoms with E-state index in [2.05, 4.69) is 0 Å². The second-order valence-corrected chi connectivity index (χ2v) is 7.29. The van der Waals surface area contributed by atoms with Gasteiger partial charge >= 0.3 is 0 Å². The van der Waals surface area contributed by atoms with Crippen LogP contribution in [0.5, 0.6) is 17.2 Å². The summed E-state index contributed by atoms with van der Waals surface area (Å²) < 4.78 is 16.1. The minimum absolute atomic E-state index is 0.186. The quantitative estimate of drug-likeness (QED) is 0.589. The first-order chi connectivity index (χ1) is 15.1. The van der Waals surface area contributed by atoms with Crippen LogP contribution in [0.25, 0.3) is 6.08 Å². The molecule has 0 saturated carbocycles. The number of anilines is 1. The Labute approximate surface area is 180 Å². The summed E-state index contributed by atoms with van der Waals surface area (Å²) in [6.45, 7) is 2.20. The van der Waals surface area contributed by atoms with Crippen LogP contribution in [-0.4, -0.2) is 25.6 Å². The van der Waals surface area contributed by atoms with Crippen LogP contribution in [0.2, 0.25) is 0 Å². The molecule has 2 aliphatic heterocycles. The second kappa shape index (κ2) is 7.65. The number of aryl methyl sites for hydroxylation is 1. The van der Waals surface area contributed by atoms with Gasteiger partial charge in [0, 0.05) is 5.56 Å². The number of carbonyl (C=O) groups excluding carboxylic acids is 1. The third-order valence-corrected chi connectivity index (χ3v) is 5.17. The van der Waals surface area contributed by atoms with Crippen molar-refractivity contribution >= 4 is 23.5 Å². The number of hydrogen-bond donors (Lipinski definition) is 0. The van der Waals surface area contributed by atoms with E-state index in [-0.39, 0.29) is 12.7 Å². The van der Waals surface area contributed by atoms with E-state index in [1.165, 1.54) is 0 Å². The summed E-state index contributed by atoms with van der Waals surface area (Å²) in [4.78, 5) is 19.8. The van der Waals surface area contributed by atoms with Crippen LogP contribution in [0.15, 0.2) is 77.4 Å². The minimum atomic E-state index is -0.186. The predicted octanol–water partition coefficient (Wildman–Crippen LogP) is 4.57. The van der Waals surface area contributed by atoms with Gasteiger partial charge in [-0.3, -0.25) is 9.69 Å². The van der Waals surface area contributed by atoms with E-state index in [1.54, 1.807) is 18.1 Å². The first kappa shape index (κ1) is 18.9. The molecule has 3 aromatic rings. The summed E-state index contributed by atoms with van der Waals surface area (Å²) in [5, 5.41) is 0. The van der Waals surface area contributed by atoms with Gasteiger partial charge in [-0.25, -0.2) is 4.99 Å². The summed E-state index contributed by atoms with van der Waals surface area (Å²) in [5.74, 6) is 2.49. The fourth-order valence-corrected chi connectivity index (χ4v) is 3.62. The molecule has 1 amide bonds. The zero-order valence-corrected chi connectivity index (χ0v) is 17.2. The van der Waals surface area contributed by atoms with Crippen molar-refractivity contribution in [3.63, 3.8) is 0 Å². The number of benzene rings is 3. The van der Waals surface area contributed by atoms with Gasteiger partial charge in [-0.1, -0.05) is 18.2 Å². The van der Waals surface area contributed by atoms with E-state index in [0.717, 1.165) is 28.1 Å². The highest BCUT2D eigenvalue weighted by atomic mass is 16.7. The second-order valence-electron chi connectivity index (χ2n) is 7.29. The van der Waals surface area contributed by atoms with E-state index in [4.69, 9.17) is 19.2 Å². The Morgan fingerprint density at radius 1 is 1.00 bits per heavy atom. The first-order valence-corrected chi connectivity index (χ1v) is 9.88. The zero-order chi connectivity index (χ0) is 21.4.